The maximum atomic E-state index is 13.3. The van der Waals surface area contributed by atoms with Gasteiger partial charge >= 0.3 is 6.03 Å². The Labute approximate surface area is 179 Å². The van der Waals surface area contributed by atoms with E-state index in [0.29, 0.717) is 25.2 Å². The maximum absolute atomic E-state index is 13.3. The van der Waals surface area contributed by atoms with E-state index in [9.17, 15) is 23.9 Å². The molecule has 0 spiro atoms. The van der Waals surface area contributed by atoms with Gasteiger partial charge in [-0.15, -0.1) is 0 Å². The van der Waals surface area contributed by atoms with E-state index in [1.165, 1.54) is 24.3 Å². The number of imide groups is 1. The number of aliphatic hydroxyl groups excluding tert-OH is 1. The lowest BCUT2D eigenvalue weighted by atomic mass is 9.85. The van der Waals surface area contributed by atoms with Gasteiger partial charge in [-0.05, 0) is 37.0 Å². The van der Waals surface area contributed by atoms with Crippen molar-refractivity contribution in [3.63, 3.8) is 0 Å². The van der Waals surface area contributed by atoms with Crippen molar-refractivity contribution in [3.05, 3.63) is 35.6 Å². The van der Waals surface area contributed by atoms with Crippen LogP contribution in [0.4, 0.5) is 9.18 Å². The number of morpholine rings is 1. The van der Waals surface area contributed by atoms with E-state index in [-0.39, 0.29) is 30.8 Å². The van der Waals surface area contributed by atoms with Gasteiger partial charge in [0.15, 0.2) is 0 Å². The highest BCUT2D eigenvalue weighted by atomic mass is 19.1. The summed E-state index contributed by atoms with van der Waals surface area (Å²) in [4.78, 5) is 39.2. The molecule has 2 heterocycles. The van der Waals surface area contributed by atoms with Crippen LogP contribution in [0.5, 0.6) is 0 Å². The molecule has 168 valence electrons. The molecule has 0 aromatic heterocycles. The summed E-state index contributed by atoms with van der Waals surface area (Å²) < 4.78 is 18.7. The predicted octanol–water partition coefficient (Wildman–Crippen LogP) is -0.0191. The number of halogens is 1. The maximum Gasteiger partial charge on any atom is 0.322 e. The molecule has 1 aromatic carbocycles. The fourth-order valence-electron chi connectivity index (χ4n) is 4.75. The Morgan fingerprint density at radius 2 is 1.94 bits per heavy atom. The topological polar surface area (TPSA) is 120 Å². The Bertz CT molecular complexity index is 845. The molecule has 10 heteroatoms. The van der Waals surface area contributed by atoms with Crippen LogP contribution >= 0.6 is 0 Å². The molecular formula is C21H27FN4O5. The second kappa shape index (κ2) is 8.89. The molecule has 4 N–H and O–H groups in total. The van der Waals surface area contributed by atoms with Crippen molar-refractivity contribution in [1.29, 1.82) is 0 Å². The van der Waals surface area contributed by atoms with E-state index in [0.717, 1.165) is 19.5 Å². The van der Waals surface area contributed by atoms with Crippen LogP contribution in [0.15, 0.2) is 24.3 Å². The third-order valence-corrected chi connectivity index (χ3v) is 6.45. The van der Waals surface area contributed by atoms with Crippen LogP contribution in [0.2, 0.25) is 0 Å². The number of nitrogens with one attached hydrogen (secondary N) is 3. The van der Waals surface area contributed by atoms with Crippen LogP contribution in [-0.4, -0.2) is 72.3 Å². The minimum Gasteiger partial charge on any atom is -0.389 e. The van der Waals surface area contributed by atoms with Crippen LogP contribution < -0.4 is 16.0 Å². The van der Waals surface area contributed by atoms with Gasteiger partial charge in [0.2, 0.25) is 5.91 Å². The number of carbonyl (C=O) groups is 3. The Balaban J connectivity index is 1.38. The minimum atomic E-state index is -1.44. The van der Waals surface area contributed by atoms with E-state index in [4.69, 9.17) is 4.74 Å². The van der Waals surface area contributed by atoms with Crippen LogP contribution in [-0.2, 0) is 19.9 Å². The lowest BCUT2D eigenvalue weighted by Crippen LogP contribution is -2.51. The first-order valence-electron chi connectivity index (χ1n) is 10.6. The molecule has 2 saturated heterocycles. The molecule has 0 bridgehead atoms. The van der Waals surface area contributed by atoms with Crippen molar-refractivity contribution in [3.8, 4) is 0 Å². The van der Waals surface area contributed by atoms with Crippen molar-refractivity contribution >= 4 is 17.8 Å². The molecule has 4 amide bonds. The first-order chi connectivity index (χ1) is 14.9. The van der Waals surface area contributed by atoms with Gasteiger partial charge in [-0.1, -0.05) is 12.1 Å². The number of hydrogen-bond acceptors (Lipinski definition) is 6. The van der Waals surface area contributed by atoms with Gasteiger partial charge in [-0.3, -0.25) is 19.8 Å². The zero-order chi connectivity index (χ0) is 22.0. The van der Waals surface area contributed by atoms with Gasteiger partial charge in [0.05, 0.1) is 25.4 Å². The summed E-state index contributed by atoms with van der Waals surface area (Å²) in [6.45, 7) is 2.80. The molecule has 4 rings (SSSR count). The van der Waals surface area contributed by atoms with Gasteiger partial charge in [0.25, 0.3) is 5.91 Å². The molecule has 1 aliphatic carbocycles. The third kappa shape index (κ3) is 4.41. The average Bonchev–Trinajstić information content (AvgIpc) is 3.26. The summed E-state index contributed by atoms with van der Waals surface area (Å²) >= 11 is 0. The Morgan fingerprint density at radius 1 is 1.23 bits per heavy atom. The SMILES string of the molecule is O=C(CC[C@@]1(c2ccc(F)cc2)NC(=O)NC1=O)N[C@@H]1CC[C@@H](N2CCOCC2)[C@@H]1O. The lowest BCUT2D eigenvalue weighted by molar-refractivity contribution is -0.126. The monoisotopic (exact) mass is 434 g/mol. The predicted molar refractivity (Wildman–Crippen MR) is 107 cm³/mol. The molecular weight excluding hydrogens is 407 g/mol. The highest BCUT2D eigenvalue weighted by Gasteiger charge is 2.48. The van der Waals surface area contributed by atoms with Crippen LogP contribution in [0.3, 0.4) is 0 Å². The van der Waals surface area contributed by atoms with Crippen LogP contribution in [0, 0.1) is 5.82 Å². The summed E-state index contributed by atoms with van der Waals surface area (Å²) in [5, 5.41) is 18.4. The summed E-state index contributed by atoms with van der Waals surface area (Å²) in [5.41, 5.74) is -1.04. The summed E-state index contributed by atoms with van der Waals surface area (Å²) in [6.07, 6.45) is 0.732. The third-order valence-electron chi connectivity index (χ3n) is 6.45. The normalized spacial score (nSPS) is 31.4. The van der Waals surface area contributed by atoms with Crippen molar-refractivity contribution in [2.24, 2.45) is 0 Å². The van der Waals surface area contributed by atoms with Crippen molar-refractivity contribution in [2.75, 3.05) is 26.3 Å². The van der Waals surface area contributed by atoms with E-state index in [1.54, 1.807) is 0 Å². The van der Waals surface area contributed by atoms with E-state index < -0.39 is 29.4 Å². The second-order valence-corrected chi connectivity index (χ2v) is 8.28. The molecule has 4 atom stereocenters. The molecule has 1 aromatic rings. The molecule has 3 aliphatic rings. The van der Waals surface area contributed by atoms with Crippen molar-refractivity contribution in [1.82, 2.24) is 20.9 Å². The first-order valence-corrected chi connectivity index (χ1v) is 10.6. The highest BCUT2D eigenvalue weighted by Crippen LogP contribution is 2.31. The largest absolute Gasteiger partial charge is 0.389 e. The number of benzene rings is 1. The Morgan fingerprint density at radius 3 is 2.58 bits per heavy atom. The average molecular weight is 434 g/mol. The molecule has 3 fully saturated rings. The first kappa shape index (κ1) is 21.7. The van der Waals surface area contributed by atoms with Gasteiger partial charge in [0, 0.05) is 25.6 Å². The summed E-state index contributed by atoms with van der Waals surface area (Å²) in [7, 11) is 0. The summed E-state index contributed by atoms with van der Waals surface area (Å²) in [6, 6.07) is 4.21. The number of carbonyl (C=O) groups excluding carboxylic acids is 3. The number of urea groups is 1. The van der Waals surface area contributed by atoms with Crippen LogP contribution in [0.1, 0.15) is 31.2 Å². The second-order valence-electron chi connectivity index (χ2n) is 8.28. The zero-order valence-corrected chi connectivity index (χ0v) is 17.1. The van der Waals surface area contributed by atoms with E-state index in [2.05, 4.69) is 20.9 Å². The summed E-state index contributed by atoms with van der Waals surface area (Å²) in [5.74, 6) is -1.36. The van der Waals surface area contributed by atoms with Crippen molar-refractivity contribution < 1.29 is 28.6 Å². The quantitative estimate of drug-likeness (QED) is 0.467. The number of amides is 4. The Kier molecular flexibility index (Phi) is 6.22. The fraction of sp³-hybridized carbons (Fsp3) is 0.571. The molecule has 1 saturated carbocycles. The zero-order valence-electron chi connectivity index (χ0n) is 17.1. The molecule has 31 heavy (non-hydrogen) atoms. The van der Waals surface area contributed by atoms with Gasteiger partial charge in [-0.25, -0.2) is 9.18 Å². The molecule has 0 radical (unpaired) electrons. The van der Waals surface area contributed by atoms with Crippen molar-refractivity contribution in [2.45, 2.75) is 49.4 Å². The molecule has 9 nitrogen and oxygen atoms in total. The standard InChI is InChI=1S/C21H27FN4O5/c22-14-3-1-13(2-4-14)21(19(29)24-20(30)25-21)8-7-17(27)23-15-5-6-16(18(15)28)26-9-11-31-12-10-26/h1-4,15-16,18,28H,5-12H2,(H,23,27)(H2,24,25,29,30)/t15-,16-,18-,21+/m1/s1. The molecule has 2 aliphatic heterocycles. The van der Waals surface area contributed by atoms with Gasteiger partial charge in [0.1, 0.15) is 11.4 Å². The minimum absolute atomic E-state index is 0.0117. The van der Waals surface area contributed by atoms with E-state index >= 15 is 0 Å². The number of hydrogen-bond donors (Lipinski definition) is 4. The smallest absolute Gasteiger partial charge is 0.322 e. The van der Waals surface area contributed by atoms with Crippen LogP contribution in [0.25, 0.3) is 0 Å². The van der Waals surface area contributed by atoms with Gasteiger partial charge < -0.3 is 20.5 Å². The number of rotatable bonds is 6. The van der Waals surface area contributed by atoms with Gasteiger partial charge in [-0.2, -0.15) is 0 Å². The number of aliphatic hydroxyl groups is 1. The fourth-order valence-corrected chi connectivity index (χ4v) is 4.75. The lowest BCUT2D eigenvalue weighted by Gasteiger charge is -2.34. The number of ether oxygens (including phenoxy) is 1. The Hall–Kier alpha value is -2.56. The number of nitrogens with zero attached hydrogens (tertiary/aromatic N) is 1. The molecule has 0 unspecified atom stereocenters. The highest BCUT2D eigenvalue weighted by molar-refractivity contribution is 6.07. The van der Waals surface area contributed by atoms with E-state index in [1.807, 2.05) is 0 Å².